The first-order chi connectivity index (χ1) is 8.38. The van der Waals surface area contributed by atoms with Crippen LogP contribution in [0.2, 0.25) is 0 Å². The fourth-order valence-corrected chi connectivity index (χ4v) is 1.94. The molecule has 0 fully saturated rings. The zero-order chi connectivity index (χ0) is 13.9. The molecule has 3 heteroatoms. The lowest BCUT2D eigenvalue weighted by molar-refractivity contribution is 1.07. The van der Waals surface area contributed by atoms with Gasteiger partial charge in [-0.25, -0.2) is 0 Å². The molecular formula is C15H25N3. The van der Waals surface area contributed by atoms with E-state index in [-0.39, 0.29) is 0 Å². The second-order valence-corrected chi connectivity index (χ2v) is 5.08. The largest absolute Gasteiger partial charge is 0.378 e. The molecule has 0 spiro atoms. The third kappa shape index (κ3) is 2.97. The van der Waals surface area contributed by atoms with E-state index in [0.29, 0.717) is 0 Å². The number of benzene rings is 1. The minimum Gasteiger partial charge on any atom is -0.378 e. The summed E-state index contributed by atoms with van der Waals surface area (Å²) in [5.74, 6) is 0. The maximum atomic E-state index is 2.22. The predicted molar refractivity (Wildman–Crippen MR) is 84.1 cm³/mol. The lowest BCUT2D eigenvalue weighted by Gasteiger charge is -2.26. The maximum Gasteiger partial charge on any atom is 0.0476 e. The normalized spacial score (nSPS) is 10.8. The lowest BCUT2D eigenvalue weighted by atomic mass is 10.1. The van der Waals surface area contributed by atoms with Gasteiger partial charge in [0, 0.05) is 64.9 Å². The molecule has 0 aliphatic carbocycles. The number of hydrogen-bond donors (Lipinski definition) is 0. The Hall–Kier alpha value is -1.64. The predicted octanol–water partition coefficient (Wildman–Crippen LogP) is 2.92. The molecule has 1 aromatic rings. The van der Waals surface area contributed by atoms with Gasteiger partial charge in [0.05, 0.1) is 0 Å². The summed E-state index contributed by atoms with van der Waals surface area (Å²) < 4.78 is 0. The minimum absolute atomic E-state index is 1.22. The van der Waals surface area contributed by atoms with Crippen molar-refractivity contribution in [2.75, 3.05) is 57.0 Å². The zero-order valence-electron chi connectivity index (χ0n) is 12.7. The van der Waals surface area contributed by atoms with Crippen molar-refractivity contribution in [3.05, 3.63) is 23.8 Å². The topological polar surface area (TPSA) is 9.72 Å². The van der Waals surface area contributed by atoms with E-state index < -0.39 is 0 Å². The summed E-state index contributed by atoms with van der Waals surface area (Å²) in [6.45, 7) is 2.05. The van der Waals surface area contributed by atoms with Crippen LogP contribution in [0.4, 0.5) is 17.1 Å². The van der Waals surface area contributed by atoms with E-state index in [2.05, 4.69) is 88.2 Å². The molecule has 0 amide bonds. The highest BCUT2D eigenvalue weighted by Gasteiger charge is 2.12. The van der Waals surface area contributed by atoms with E-state index >= 15 is 0 Å². The summed E-state index contributed by atoms with van der Waals surface area (Å²) in [5.41, 5.74) is 4.96. The van der Waals surface area contributed by atoms with Crippen LogP contribution in [-0.4, -0.2) is 42.3 Å². The van der Waals surface area contributed by atoms with Crippen molar-refractivity contribution in [1.82, 2.24) is 0 Å². The number of hydrogen-bond acceptors (Lipinski definition) is 3. The fourth-order valence-electron chi connectivity index (χ4n) is 1.94. The smallest absolute Gasteiger partial charge is 0.0476 e. The first-order valence-corrected chi connectivity index (χ1v) is 6.21. The molecule has 0 aliphatic heterocycles. The van der Waals surface area contributed by atoms with Crippen LogP contribution in [-0.2, 0) is 0 Å². The van der Waals surface area contributed by atoms with E-state index in [4.69, 9.17) is 0 Å². The van der Waals surface area contributed by atoms with E-state index in [1.807, 2.05) is 0 Å². The van der Waals surface area contributed by atoms with E-state index in [0.717, 1.165) is 0 Å². The van der Waals surface area contributed by atoms with Crippen molar-refractivity contribution < 1.29 is 0 Å². The Morgan fingerprint density at radius 1 is 0.778 bits per heavy atom. The third-order valence-electron chi connectivity index (χ3n) is 2.93. The van der Waals surface area contributed by atoms with Gasteiger partial charge in [0.15, 0.2) is 0 Å². The molecule has 0 saturated carbocycles. The third-order valence-corrected chi connectivity index (χ3v) is 2.93. The highest BCUT2D eigenvalue weighted by molar-refractivity contribution is 5.83. The number of allylic oxidation sites excluding steroid dienone is 1. The lowest BCUT2D eigenvalue weighted by Crippen LogP contribution is -2.18. The van der Waals surface area contributed by atoms with Crippen molar-refractivity contribution >= 4 is 23.1 Å². The molecule has 100 valence electrons. The molecule has 0 unspecified atom stereocenters. The zero-order valence-corrected chi connectivity index (χ0v) is 12.7. The second kappa shape index (κ2) is 5.80. The Kier molecular flexibility index (Phi) is 4.65. The standard InChI is InChI=1S/C15H25N3/c1-8-9-13-14(17(4)5)10-12(16(2)3)11-15(13)18(6)7/h8-11H,1-7H3/b9-8+. The molecular weight excluding hydrogens is 222 g/mol. The van der Waals surface area contributed by atoms with Gasteiger partial charge in [-0.15, -0.1) is 0 Å². The van der Waals surface area contributed by atoms with Crippen LogP contribution in [0.25, 0.3) is 6.08 Å². The Bertz CT molecular complexity index is 402. The van der Waals surface area contributed by atoms with Crippen LogP contribution in [0, 0.1) is 0 Å². The monoisotopic (exact) mass is 247 g/mol. The van der Waals surface area contributed by atoms with Crippen molar-refractivity contribution in [3.8, 4) is 0 Å². The van der Waals surface area contributed by atoms with Crippen molar-refractivity contribution in [1.29, 1.82) is 0 Å². The van der Waals surface area contributed by atoms with Crippen LogP contribution in [0.5, 0.6) is 0 Å². The Balaban J connectivity index is 3.54. The molecule has 3 nitrogen and oxygen atoms in total. The van der Waals surface area contributed by atoms with Gasteiger partial charge in [-0.1, -0.05) is 12.2 Å². The first-order valence-electron chi connectivity index (χ1n) is 6.21. The summed E-state index contributed by atoms with van der Waals surface area (Å²) in [6, 6.07) is 4.45. The van der Waals surface area contributed by atoms with Crippen LogP contribution in [0.3, 0.4) is 0 Å². The Morgan fingerprint density at radius 3 is 1.50 bits per heavy atom. The van der Waals surface area contributed by atoms with Crippen LogP contribution in [0.1, 0.15) is 12.5 Å². The van der Waals surface area contributed by atoms with Gasteiger partial charge >= 0.3 is 0 Å². The quantitative estimate of drug-likeness (QED) is 0.810. The molecule has 18 heavy (non-hydrogen) atoms. The van der Waals surface area contributed by atoms with Gasteiger partial charge < -0.3 is 14.7 Å². The van der Waals surface area contributed by atoms with Gasteiger partial charge in [0.1, 0.15) is 0 Å². The summed E-state index contributed by atoms with van der Waals surface area (Å²) in [7, 11) is 12.5. The fraction of sp³-hybridized carbons (Fsp3) is 0.467. The van der Waals surface area contributed by atoms with Crippen LogP contribution < -0.4 is 14.7 Å². The summed E-state index contributed by atoms with van der Waals surface area (Å²) in [4.78, 5) is 6.46. The molecule has 0 N–H and O–H groups in total. The van der Waals surface area contributed by atoms with Crippen molar-refractivity contribution in [2.45, 2.75) is 6.92 Å². The van der Waals surface area contributed by atoms with Gasteiger partial charge in [0.2, 0.25) is 0 Å². The molecule has 0 saturated heterocycles. The molecule has 0 bridgehead atoms. The first kappa shape index (κ1) is 14.4. The van der Waals surface area contributed by atoms with E-state index in [1.54, 1.807) is 0 Å². The highest BCUT2D eigenvalue weighted by atomic mass is 15.1. The van der Waals surface area contributed by atoms with Gasteiger partial charge in [0.25, 0.3) is 0 Å². The maximum absolute atomic E-state index is 2.22. The number of nitrogens with zero attached hydrogens (tertiary/aromatic N) is 3. The van der Waals surface area contributed by atoms with Crippen LogP contribution >= 0.6 is 0 Å². The summed E-state index contributed by atoms with van der Waals surface area (Å²) in [5, 5.41) is 0. The Morgan fingerprint density at radius 2 is 1.22 bits per heavy atom. The molecule has 0 heterocycles. The van der Waals surface area contributed by atoms with E-state index in [9.17, 15) is 0 Å². The molecule has 0 radical (unpaired) electrons. The van der Waals surface area contributed by atoms with E-state index in [1.165, 1.54) is 22.6 Å². The van der Waals surface area contributed by atoms with Crippen molar-refractivity contribution in [3.63, 3.8) is 0 Å². The molecule has 0 atom stereocenters. The van der Waals surface area contributed by atoms with Crippen LogP contribution in [0.15, 0.2) is 18.2 Å². The van der Waals surface area contributed by atoms with Gasteiger partial charge in [-0.3, -0.25) is 0 Å². The Labute approximate surface area is 111 Å². The number of anilines is 3. The summed E-state index contributed by atoms with van der Waals surface area (Å²) >= 11 is 0. The second-order valence-electron chi connectivity index (χ2n) is 5.08. The average molecular weight is 247 g/mol. The molecule has 0 aliphatic rings. The summed E-state index contributed by atoms with van der Waals surface area (Å²) in [6.07, 6.45) is 4.26. The minimum atomic E-state index is 1.22. The van der Waals surface area contributed by atoms with Gasteiger partial charge in [-0.05, 0) is 19.1 Å². The van der Waals surface area contributed by atoms with Gasteiger partial charge in [-0.2, -0.15) is 0 Å². The highest BCUT2D eigenvalue weighted by Crippen LogP contribution is 2.34. The molecule has 1 rings (SSSR count). The molecule has 1 aromatic carbocycles. The molecule has 0 aromatic heterocycles. The van der Waals surface area contributed by atoms with Crippen molar-refractivity contribution in [2.24, 2.45) is 0 Å². The number of rotatable bonds is 4. The average Bonchev–Trinajstić information content (AvgIpc) is 2.28. The SMILES string of the molecule is C/C=C/c1c(N(C)C)cc(N(C)C)cc1N(C)C.